The first-order valence-electron chi connectivity index (χ1n) is 6.18. The lowest BCUT2D eigenvalue weighted by Crippen LogP contribution is -2.17. The second kappa shape index (κ2) is 6.81. The molecule has 2 nitrogen and oxygen atoms in total. The molecular formula is C16H16N2S. The molecule has 2 rings (SSSR count). The molecule has 0 spiro atoms. The van der Waals surface area contributed by atoms with Gasteiger partial charge in [-0.2, -0.15) is 0 Å². The van der Waals surface area contributed by atoms with Crippen molar-refractivity contribution in [3.63, 3.8) is 0 Å². The largest absolute Gasteiger partial charge is 0.387 e. The molecule has 0 aliphatic carbocycles. The van der Waals surface area contributed by atoms with Gasteiger partial charge >= 0.3 is 0 Å². The molecule has 0 aliphatic heterocycles. The molecule has 0 heterocycles. The van der Waals surface area contributed by atoms with Crippen molar-refractivity contribution >= 4 is 23.0 Å². The van der Waals surface area contributed by atoms with Crippen LogP contribution >= 0.6 is 12.2 Å². The SMILES string of the molecule is NC(Cc1ccccc1)=NC(=S)Cc1ccccc1. The van der Waals surface area contributed by atoms with Gasteiger partial charge in [0.2, 0.25) is 0 Å². The molecule has 0 atom stereocenters. The first-order chi connectivity index (χ1) is 9.24. The molecule has 0 saturated heterocycles. The Kier molecular flexibility index (Phi) is 4.81. The Balaban J connectivity index is 1.95. The summed E-state index contributed by atoms with van der Waals surface area (Å²) in [6.07, 6.45) is 1.29. The number of aliphatic imine (C=N–C) groups is 1. The minimum Gasteiger partial charge on any atom is -0.387 e. The van der Waals surface area contributed by atoms with Crippen LogP contribution in [0.2, 0.25) is 0 Å². The van der Waals surface area contributed by atoms with Gasteiger partial charge in [0.15, 0.2) is 0 Å². The van der Waals surface area contributed by atoms with Crippen LogP contribution in [-0.2, 0) is 12.8 Å². The van der Waals surface area contributed by atoms with Crippen LogP contribution in [0.5, 0.6) is 0 Å². The zero-order chi connectivity index (χ0) is 13.5. The molecule has 0 unspecified atom stereocenters. The van der Waals surface area contributed by atoms with Gasteiger partial charge in [0.1, 0.15) is 10.8 Å². The van der Waals surface area contributed by atoms with E-state index in [-0.39, 0.29) is 0 Å². The minimum atomic E-state index is 0.562. The third-order valence-electron chi connectivity index (χ3n) is 2.69. The van der Waals surface area contributed by atoms with E-state index in [4.69, 9.17) is 18.0 Å². The Morgan fingerprint density at radius 3 is 1.84 bits per heavy atom. The third-order valence-corrected chi connectivity index (χ3v) is 2.93. The third kappa shape index (κ3) is 4.64. The Bertz CT molecular complexity index is 562. The van der Waals surface area contributed by atoms with Gasteiger partial charge < -0.3 is 5.73 Å². The van der Waals surface area contributed by atoms with Crippen molar-refractivity contribution < 1.29 is 0 Å². The molecule has 0 bridgehead atoms. The number of hydrogen-bond donors (Lipinski definition) is 1. The zero-order valence-corrected chi connectivity index (χ0v) is 11.4. The number of amidine groups is 1. The van der Waals surface area contributed by atoms with Gasteiger partial charge in [0.25, 0.3) is 0 Å². The second-order valence-corrected chi connectivity index (χ2v) is 4.79. The first-order valence-corrected chi connectivity index (χ1v) is 6.58. The van der Waals surface area contributed by atoms with E-state index in [1.54, 1.807) is 0 Å². The normalized spacial score (nSPS) is 11.3. The molecule has 0 aromatic heterocycles. The smallest absolute Gasteiger partial charge is 0.109 e. The molecule has 96 valence electrons. The summed E-state index contributed by atoms with van der Waals surface area (Å²) in [6.45, 7) is 0. The predicted molar refractivity (Wildman–Crippen MR) is 84.5 cm³/mol. The van der Waals surface area contributed by atoms with Crippen LogP contribution in [0.4, 0.5) is 0 Å². The molecule has 2 aromatic carbocycles. The fourth-order valence-electron chi connectivity index (χ4n) is 1.81. The van der Waals surface area contributed by atoms with Crippen LogP contribution in [0.3, 0.4) is 0 Å². The monoisotopic (exact) mass is 268 g/mol. The van der Waals surface area contributed by atoms with Crippen LogP contribution in [0.15, 0.2) is 65.7 Å². The van der Waals surface area contributed by atoms with Crippen molar-refractivity contribution in [3.8, 4) is 0 Å². The number of nitrogens with two attached hydrogens (primary N) is 1. The first kappa shape index (κ1) is 13.4. The maximum absolute atomic E-state index is 5.92. The standard InChI is InChI=1S/C16H16N2S/c17-15(11-13-7-3-1-4-8-13)18-16(19)12-14-9-5-2-6-10-14/h1-10H,11-12H2,(H2,17,18,19). The maximum atomic E-state index is 5.92. The van der Waals surface area contributed by atoms with Crippen LogP contribution in [0.1, 0.15) is 11.1 Å². The molecule has 2 aromatic rings. The van der Waals surface area contributed by atoms with Gasteiger partial charge in [-0.25, -0.2) is 4.99 Å². The predicted octanol–water partition coefficient (Wildman–Crippen LogP) is 3.16. The van der Waals surface area contributed by atoms with Crippen molar-refractivity contribution in [2.24, 2.45) is 10.7 Å². The number of nitrogens with zero attached hydrogens (tertiary/aromatic N) is 1. The molecule has 0 fully saturated rings. The molecular weight excluding hydrogens is 252 g/mol. The van der Waals surface area contributed by atoms with Gasteiger partial charge in [-0.1, -0.05) is 72.9 Å². The zero-order valence-electron chi connectivity index (χ0n) is 10.6. The lowest BCUT2D eigenvalue weighted by Gasteiger charge is -2.03. The summed E-state index contributed by atoms with van der Waals surface area (Å²) in [5.74, 6) is 0.562. The van der Waals surface area contributed by atoms with Gasteiger partial charge in [-0.3, -0.25) is 0 Å². The summed E-state index contributed by atoms with van der Waals surface area (Å²) in [4.78, 5) is 4.92. The molecule has 0 radical (unpaired) electrons. The molecule has 3 heteroatoms. The van der Waals surface area contributed by atoms with Crippen molar-refractivity contribution in [1.29, 1.82) is 0 Å². The van der Waals surface area contributed by atoms with Gasteiger partial charge in [-0.05, 0) is 11.1 Å². The Morgan fingerprint density at radius 1 is 0.842 bits per heavy atom. The molecule has 19 heavy (non-hydrogen) atoms. The Hall–Kier alpha value is -2.00. The average molecular weight is 268 g/mol. The van der Waals surface area contributed by atoms with Crippen LogP contribution in [-0.4, -0.2) is 10.8 Å². The average Bonchev–Trinajstić information content (AvgIpc) is 2.40. The Morgan fingerprint density at radius 2 is 1.32 bits per heavy atom. The summed E-state index contributed by atoms with van der Waals surface area (Å²) in [5, 5.41) is 0. The number of hydrogen-bond acceptors (Lipinski definition) is 1. The molecule has 0 aliphatic rings. The maximum Gasteiger partial charge on any atom is 0.109 e. The van der Waals surface area contributed by atoms with E-state index >= 15 is 0 Å². The minimum absolute atomic E-state index is 0.562. The van der Waals surface area contributed by atoms with Crippen molar-refractivity contribution in [2.75, 3.05) is 0 Å². The van der Waals surface area contributed by atoms with E-state index in [1.807, 2.05) is 60.7 Å². The fraction of sp³-hybridized carbons (Fsp3) is 0.125. The summed E-state index contributed by atoms with van der Waals surface area (Å²) >= 11 is 5.26. The van der Waals surface area contributed by atoms with Crippen molar-refractivity contribution in [2.45, 2.75) is 12.8 Å². The van der Waals surface area contributed by atoms with E-state index in [0.717, 1.165) is 11.1 Å². The highest BCUT2D eigenvalue weighted by atomic mass is 32.1. The van der Waals surface area contributed by atoms with E-state index < -0.39 is 0 Å². The second-order valence-electron chi connectivity index (χ2n) is 4.32. The van der Waals surface area contributed by atoms with Crippen LogP contribution in [0, 0.1) is 0 Å². The van der Waals surface area contributed by atoms with Gasteiger partial charge in [0, 0.05) is 12.8 Å². The molecule has 0 saturated carbocycles. The van der Waals surface area contributed by atoms with E-state index in [2.05, 4.69) is 4.99 Å². The number of rotatable bonds is 4. The molecule has 2 N–H and O–H groups in total. The topological polar surface area (TPSA) is 38.4 Å². The fourth-order valence-corrected chi connectivity index (χ4v) is 2.10. The quantitative estimate of drug-likeness (QED) is 0.525. The van der Waals surface area contributed by atoms with E-state index in [0.29, 0.717) is 23.7 Å². The summed E-state index contributed by atoms with van der Waals surface area (Å²) in [7, 11) is 0. The summed E-state index contributed by atoms with van der Waals surface area (Å²) < 4.78 is 0. The van der Waals surface area contributed by atoms with E-state index in [9.17, 15) is 0 Å². The van der Waals surface area contributed by atoms with E-state index in [1.165, 1.54) is 0 Å². The van der Waals surface area contributed by atoms with Crippen molar-refractivity contribution in [3.05, 3.63) is 71.8 Å². The highest BCUT2D eigenvalue weighted by molar-refractivity contribution is 7.80. The van der Waals surface area contributed by atoms with Gasteiger partial charge in [-0.15, -0.1) is 0 Å². The Labute approximate surface area is 119 Å². The number of thiocarbonyl (C=S) groups is 1. The van der Waals surface area contributed by atoms with Crippen LogP contribution < -0.4 is 5.73 Å². The lowest BCUT2D eigenvalue weighted by molar-refractivity contribution is 1.26. The summed E-state index contributed by atoms with van der Waals surface area (Å²) in [6, 6.07) is 20.1. The van der Waals surface area contributed by atoms with Gasteiger partial charge in [0.05, 0.1) is 0 Å². The summed E-state index contributed by atoms with van der Waals surface area (Å²) in [5.41, 5.74) is 8.22. The molecule has 0 amide bonds. The lowest BCUT2D eigenvalue weighted by atomic mass is 10.1. The van der Waals surface area contributed by atoms with Crippen molar-refractivity contribution in [1.82, 2.24) is 0 Å². The highest BCUT2D eigenvalue weighted by Gasteiger charge is 2.00. The number of benzene rings is 2. The van der Waals surface area contributed by atoms with Crippen LogP contribution in [0.25, 0.3) is 0 Å². The highest BCUT2D eigenvalue weighted by Crippen LogP contribution is 2.03.